The zero-order valence-corrected chi connectivity index (χ0v) is 13.9. The molecule has 1 aromatic carbocycles. The predicted octanol–water partition coefficient (Wildman–Crippen LogP) is 2.40. The van der Waals surface area contributed by atoms with Gasteiger partial charge in [0, 0.05) is 30.7 Å². The molecule has 1 aromatic rings. The summed E-state index contributed by atoms with van der Waals surface area (Å²) in [4.78, 5) is 2.31. The van der Waals surface area contributed by atoms with Gasteiger partial charge in [0.25, 0.3) is 0 Å². The van der Waals surface area contributed by atoms with Gasteiger partial charge in [0.05, 0.1) is 0 Å². The zero-order chi connectivity index (χ0) is 15.7. The molecule has 0 aliphatic carbocycles. The maximum atomic E-state index is 9.86. The van der Waals surface area contributed by atoms with E-state index < -0.39 is 6.10 Å². The van der Waals surface area contributed by atoms with Crippen LogP contribution in [0.2, 0.25) is 5.02 Å². The van der Waals surface area contributed by atoms with Crippen LogP contribution in [0.5, 0.6) is 5.75 Å². The summed E-state index contributed by atoms with van der Waals surface area (Å²) in [5, 5.41) is 13.8. The number of rotatable bonds is 10. The van der Waals surface area contributed by atoms with Gasteiger partial charge in [-0.2, -0.15) is 0 Å². The number of aliphatic hydroxyl groups is 1. The van der Waals surface area contributed by atoms with E-state index >= 15 is 0 Å². The predicted molar refractivity (Wildman–Crippen MR) is 88.2 cm³/mol. The molecule has 0 bridgehead atoms. The van der Waals surface area contributed by atoms with Crippen molar-refractivity contribution < 1.29 is 9.84 Å². The molecule has 0 amide bonds. The van der Waals surface area contributed by atoms with Gasteiger partial charge in [0.2, 0.25) is 0 Å². The Balaban J connectivity index is 2.11. The Kier molecular flexibility index (Phi) is 8.69. The molecule has 0 spiro atoms. The first-order valence-electron chi connectivity index (χ1n) is 7.50. The Morgan fingerprint density at radius 1 is 1.33 bits per heavy atom. The summed E-state index contributed by atoms with van der Waals surface area (Å²) in [6.07, 6.45) is 0.628. The van der Waals surface area contributed by atoms with Crippen LogP contribution in [0.3, 0.4) is 0 Å². The first kappa shape index (κ1) is 18.2. The Labute approximate surface area is 133 Å². The van der Waals surface area contributed by atoms with Crippen LogP contribution in [0, 0.1) is 0 Å². The topological polar surface area (TPSA) is 44.7 Å². The van der Waals surface area contributed by atoms with Crippen molar-refractivity contribution in [3.05, 3.63) is 29.3 Å². The van der Waals surface area contributed by atoms with E-state index in [4.69, 9.17) is 16.3 Å². The van der Waals surface area contributed by atoms with Crippen molar-refractivity contribution in [2.45, 2.75) is 32.4 Å². The second-order valence-corrected chi connectivity index (χ2v) is 5.80. The Morgan fingerprint density at radius 2 is 2.00 bits per heavy atom. The lowest BCUT2D eigenvalue weighted by Gasteiger charge is -2.23. The molecular weight excluding hydrogens is 288 g/mol. The highest BCUT2D eigenvalue weighted by molar-refractivity contribution is 6.30. The average molecular weight is 315 g/mol. The number of nitrogens with zero attached hydrogens (tertiary/aromatic N) is 1. The maximum absolute atomic E-state index is 9.86. The Bertz CT molecular complexity index is 386. The van der Waals surface area contributed by atoms with E-state index in [2.05, 4.69) is 31.1 Å². The second-order valence-electron chi connectivity index (χ2n) is 5.36. The Morgan fingerprint density at radius 3 is 2.62 bits per heavy atom. The van der Waals surface area contributed by atoms with Crippen LogP contribution in [0.15, 0.2) is 24.3 Å². The molecule has 21 heavy (non-hydrogen) atoms. The second kappa shape index (κ2) is 10.0. The standard InChI is InChI=1S/C16H27ClN2O2/c1-4-13(2)19(3)10-9-18-11-15(20)12-21-16-7-5-14(17)6-8-16/h5-8,13,15,18,20H,4,9-12H2,1-3H3. The number of hydrogen-bond acceptors (Lipinski definition) is 4. The molecule has 0 saturated carbocycles. The third-order valence-corrected chi connectivity index (χ3v) is 3.87. The largest absolute Gasteiger partial charge is 0.491 e. The summed E-state index contributed by atoms with van der Waals surface area (Å²) in [5.74, 6) is 0.718. The highest BCUT2D eigenvalue weighted by Crippen LogP contribution is 2.15. The maximum Gasteiger partial charge on any atom is 0.119 e. The lowest BCUT2D eigenvalue weighted by Crippen LogP contribution is -2.38. The van der Waals surface area contributed by atoms with Crippen LogP contribution in [0.25, 0.3) is 0 Å². The van der Waals surface area contributed by atoms with Crippen molar-refractivity contribution in [1.82, 2.24) is 10.2 Å². The fourth-order valence-corrected chi connectivity index (χ4v) is 1.96. The van der Waals surface area contributed by atoms with Crippen molar-refractivity contribution >= 4 is 11.6 Å². The van der Waals surface area contributed by atoms with E-state index in [1.54, 1.807) is 24.3 Å². The molecule has 2 unspecified atom stereocenters. The molecule has 5 heteroatoms. The van der Waals surface area contributed by atoms with Gasteiger partial charge < -0.3 is 20.1 Å². The highest BCUT2D eigenvalue weighted by atomic mass is 35.5. The van der Waals surface area contributed by atoms with Crippen molar-refractivity contribution in [2.24, 2.45) is 0 Å². The molecule has 0 aromatic heterocycles. The van der Waals surface area contributed by atoms with E-state index in [0.717, 1.165) is 25.3 Å². The molecule has 0 heterocycles. The van der Waals surface area contributed by atoms with Crippen molar-refractivity contribution in [3.8, 4) is 5.75 Å². The molecule has 1 rings (SSSR count). The number of likely N-dealkylation sites (N-methyl/N-ethyl adjacent to an activating group) is 1. The quantitative estimate of drug-likeness (QED) is 0.651. The molecule has 0 saturated heterocycles. The molecule has 2 N–H and O–H groups in total. The minimum absolute atomic E-state index is 0.274. The summed E-state index contributed by atoms with van der Waals surface area (Å²) >= 11 is 5.80. The van der Waals surface area contributed by atoms with Crippen molar-refractivity contribution in [1.29, 1.82) is 0 Å². The zero-order valence-electron chi connectivity index (χ0n) is 13.2. The SMILES string of the molecule is CCC(C)N(C)CCNCC(O)COc1ccc(Cl)cc1. The van der Waals surface area contributed by atoms with E-state index in [-0.39, 0.29) is 6.61 Å². The van der Waals surface area contributed by atoms with Gasteiger partial charge in [0.1, 0.15) is 18.5 Å². The first-order chi connectivity index (χ1) is 10.0. The van der Waals surface area contributed by atoms with Gasteiger partial charge in [-0.25, -0.2) is 0 Å². The van der Waals surface area contributed by atoms with Gasteiger partial charge in [0.15, 0.2) is 0 Å². The fraction of sp³-hybridized carbons (Fsp3) is 0.625. The van der Waals surface area contributed by atoms with Gasteiger partial charge >= 0.3 is 0 Å². The molecule has 2 atom stereocenters. The van der Waals surface area contributed by atoms with Gasteiger partial charge in [-0.05, 0) is 44.7 Å². The first-order valence-corrected chi connectivity index (χ1v) is 7.88. The van der Waals surface area contributed by atoms with E-state index in [1.807, 2.05) is 0 Å². The summed E-state index contributed by atoms with van der Waals surface area (Å²) in [7, 11) is 2.12. The van der Waals surface area contributed by atoms with Gasteiger partial charge in [-0.1, -0.05) is 18.5 Å². The number of aliphatic hydroxyl groups excluding tert-OH is 1. The van der Waals surface area contributed by atoms with Gasteiger partial charge in [-0.15, -0.1) is 0 Å². The smallest absolute Gasteiger partial charge is 0.119 e. The molecular formula is C16H27ClN2O2. The summed E-state index contributed by atoms with van der Waals surface area (Å²) < 4.78 is 5.50. The normalized spacial score (nSPS) is 14.2. The number of halogens is 1. The number of nitrogens with one attached hydrogen (secondary N) is 1. The van der Waals surface area contributed by atoms with Crippen LogP contribution in [0.4, 0.5) is 0 Å². The third-order valence-electron chi connectivity index (χ3n) is 3.62. The van der Waals surface area contributed by atoms with E-state index in [0.29, 0.717) is 17.6 Å². The summed E-state index contributed by atoms with van der Waals surface area (Å²) in [6, 6.07) is 7.72. The number of hydrogen-bond donors (Lipinski definition) is 2. The monoisotopic (exact) mass is 314 g/mol. The van der Waals surface area contributed by atoms with Crippen LogP contribution in [-0.4, -0.2) is 55.4 Å². The lowest BCUT2D eigenvalue weighted by atomic mass is 10.2. The summed E-state index contributed by atoms with van der Waals surface area (Å²) in [6.45, 7) is 7.04. The van der Waals surface area contributed by atoms with Crippen LogP contribution in [-0.2, 0) is 0 Å². The van der Waals surface area contributed by atoms with Crippen LogP contribution in [0.1, 0.15) is 20.3 Å². The molecule has 0 aliphatic rings. The lowest BCUT2D eigenvalue weighted by molar-refractivity contribution is 0.105. The van der Waals surface area contributed by atoms with Crippen molar-refractivity contribution in [2.75, 3.05) is 33.3 Å². The molecule has 0 aliphatic heterocycles. The molecule has 120 valence electrons. The number of ether oxygens (including phenoxy) is 1. The summed E-state index contributed by atoms with van der Waals surface area (Å²) in [5.41, 5.74) is 0. The Hall–Kier alpha value is -0.810. The number of benzene rings is 1. The van der Waals surface area contributed by atoms with Crippen LogP contribution < -0.4 is 10.1 Å². The third kappa shape index (κ3) is 7.67. The molecule has 4 nitrogen and oxygen atoms in total. The minimum Gasteiger partial charge on any atom is -0.491 e. The molecule has 0 radical (unpaired) electrons. The highest BCUT2D eigenvalue weighted by Gasteiger charge is 2.07. The van der Waals surface area contributed by atoms with Crippen molar-refractivity contribution in [3.63, 3.8) is 0 Å². The van der Waals surface area contributed by atoms with E-state index in [1.165, 1.54) is 0 Å². The minimum atomic E-state index is -0.519. The van der Waals surface area contributed by atoms with Gasteiger partial charge in [-0.3, -0.25) is 0 Å². The molecule has 0 fully saturated rings. The van der Waals surface area contributed by atoms with E-state index in [9.17, 15) is 5.11 Å². The fourth-order valence-electron chi connectivity index (χ4n) is 1.84. The average Bonchev–Trinajstić information content (AvgIpc) is 2.49. The van der Waals surface area contributed by atoms with Crippen LogP contribution >= 0.6 is 11.6 Å².